The summed E-state index contributed by atoms with van der Waals surface area (Å²) >= 11 is 0. The van der Waals surface area contributed by atoms with E-state index in [0.29, 0.717) is 0 Å². The van der Waals surface area contributed by atoms with Gasteiger partial charge in [0.2, 0.25) is 23.5 Å². The molecule has 5 rings (SSSR count). The Morgan fingerprint density at radius 1 is 0.679 bits per heavy atom. The second-order valence-electron chi connectivity index (χ2n) is 7.57. The Morgan fingerprint density at radius 3 is 2.14 bits per heavy atom. The number of nitrogens with zero attached hydrogens (tertiary/aromatic N) is 2. The first-order valence-electron chi connectivity index (χ1n) is 9.91. The zero-order valence-electron chi connectivity index (χ0n) is 16.3. The maximum atomic E-state index is 2.43. The molecule has 28 heavy (non-hydrogen) atoms. The van der Waals surface area contributed by atoms with Crippen molar-refractivity contribution in [2.75, 3.05) is 0 Å². The lowest BCUT2D eigenvalue weighted by Gasteiger charge is -2.16. The SMILES string of the molecule is Cc1ccccc1-c1cccc[n+]1C(C)C1c2ccccc2-c2cccc[n+]21. The Labute approximate surface area is 166 Å². The molecule has 2 aromatic heterocycles. The van der Waals surface area contributed by atoms with Crippen molar-refractivity contribution < 1.29 is 9.13 Å². The normalized spacial score (nSPS) is 15.7. The molecule has 0 aliphatic carbocycles. The summed E-state index contributed by atoms with van der Waals surface area (Å²) in [6, 6.07) is 31.0. The number of pyridine rings is 2. The third-order valence-corrected chi connectivity index (χ3v) is 5.95. The minimum atomic E-state index is 0.266. The van der Waals surface area contributed by atoms with Crippen molar-refractivity contribution in [2.24, 2.45) is 0 Å². The standard InChI is InChI=1S/C26H24N2/c1-19-11-3-4-12-21(19)24-15-7-9-17-27(24)20(2)26-23-14-6-5-13-22(23)25-16-8-10-18-28(25)26/h3-18,20,26H,1-2H3/q+2. The fourth-order valence-electron chi connectivity index (χ4n) is 4.61. The van der Waals surface area contributed by atoms with Crippen LogP contribution in [-0.4, -0.2) is 0 Å². The first kappa shape index (κ1) is 16.9. The Bertz CT molecular complexity index is 1120. The maximum absolute atomic E-state index is 2.43. The van der Waals surface area contributed by atoms with Gasteiger partial charge in [0, 0.05) is 42.3 Å². The van der Waals surface area contributed by atoms with Crippen LogP contribution in [-0.2, 0) is 0 Å². The number of benzene rings is 2. The van der Waals surface area contributed by atoms with Crippen molar-refractivity contribution in [1.29, 1.82) is 0 Å². The molecule has 0 N–H and O–H groups in total. The maximum Gasteiger partial charge on any atom is 0.245 e. The quantitative estimate of drug-likeness (QED) is 0.449. The van der Waals surface area contributed by atoms with Gasteiger partial charge in [-0.3, -0.25) is 0 Å². The van der Waals surface area contributed by atoms with Crippen LogP contribution in [0.1, 0.15) is 30.1 Å². The van der Waals surface area contributed by atoms with E-state index in [1.807, 2.05) is 0 Å². The van der Waals surface area contributed by atoms with Crippen molar-refractivity contribution in [2.45, 2.75) is 25.9 Å². The lowest BCUT2D eigenvalue weighted by atomic mass is 9.97. The fraction of sp³-hybridized carbons (Fsp3) is 0.154. The van der Waals surface area contributed by atoms with E-state index in [4.69, 9.17) is 0 Å². The van der Waals surface area contributed by atoms with Gasteiger partial charge in [-0.25, -0.2) is 0 Å². The monoisotopic (exact) mass is 364 g/mol. The van der Waals surface area contributed by atoms with E-state index < -0.39 is 0 Å². The second kappa shape index (κ2) is 6.72. The molecule has 2 atom stereocenters. The van der Waals surface area contributed by atoms with Crippen LogP contribution < -0.4 is 9.13 Å². The van der Waals surface area contributed by atoms with E-state index in [-0.39, 0.29) is 12.1 Å². The molecule has 0 saturated heterocycles. The van der Waals surface area contributed by atoms with Gasteiger partial charge in [-0.05, 0) is 36.8 Å². The summed E-state index contributed by atoms with van der Waals surface area (Å²) in [5.74, 6) is 0. The largest absolute Gasteiger partial charge is 0.245 e. The highest BCUT2D eigenvalue weighted by Gasteiger charge is 2.44. The Balaban J connectivity index is 1.68. The number of aryl methyl sites for hydroxylation is 1. The third kappa shape index (κ3) is 2.56. The number of hydrogen-bond donors (Lipinski definition) is 0. The van der Waals surface area contributed by atoms with Gasteiger partial charge in [0.25, 0.3) is 0 Å². The van der Waals surface area contributed by atoms with Crippen molar-refractivity contribution in [1.82, 2.24) is 0 Å². The van der Waals surface area contributed by atoms with Crippen molar-refractivity contribution in [3.63, 3.8) is 0 Å². The van der Waals surface area contributed by atoms with Crippen LogP contribution in [0.15, 0.2) is 97.3 Å². The van der Waals surface area contributed by atoms with Crippen LogP contribution in [0.2, 0.25) is 0 Å². The van der Waals surface area contributed by atoms with Crippen molar-refractivity contribution >= 4 is 0 Å². The van der Waals surface area contributed by atoms with Crippen LogP contribution in [0.25, 0.3) is 22.5 Å². The van der Waals surface area contributed by atoms with Gasteiger partial charge in [-0.1, -0.05) is 36.4 Å². The highest BCUT2D eigenvalue weighted by Crippen LogP contribution is 2.37. The lowest BCUT2D eigenvalue weighted by molar-refractivity contribution is -0.795. The Morgan fingerprint density at radius 2 is 1.32 bits per heavy atom. The highest BCUT2D eigenvalue weighted by atomic mass is 15.1. The molecule has 0 fully saturated rings. The van der Waals surface area contributed by atoms with Crippen LogP contribution in [0.4, 0.5) is 0 Å². The zero-order valence-corrected chi connectivity index (χ0v) is 16.3. The van der Waals surface area contributed by atoms with Crippen LogP contribution in [0, 0.1) is 6.92 Å². The average Bonchev–Trinajstić information content (AvgIpc) is 3.08. The van der Waals surface area contributed by atoms with Gasteiger partial charge >= 0.3 is 0 Å². The Kier molecular flexibility index (Phi) is 4.05. The highest BCUT2D eigenvalue weighted by molar-refractivity contribution is 5.64. The summed E-state index contributed by atoms with van der Waals surface area (Å²) in [5.41, 5.74) is 7.88. The van der Waals surface area contributed by atoms with Gasteiger partial charge in [0.05, 0.1) is 5.56 Å². The molecule has 1 aliphatic heterocycles. The van der Waals surface area contributed by atoms with Crippen molar-refractivity contribution in [3.05, 3.63) is 108 Å². The number of rotatable bonds is 3. The lowest BCUT2D eigenvalue weighted by Crippen LogP contribution is -2.51. The van der Waals surface area contributed by atoms with E-state index in [2.05, 4.69) is 120 Å². The molecule has 0 spiro atoms. The molecular formula is C26H24N2+2. The summed E-state index contributed by atoms with van der Waals surface area (Å²) in [4.78, 5) is 0. The minimum absolute atomic E-state index is 0.266. The molecule has 0 radical (unpaired) electrons. The van der Waals surface area contributed by atoms with E-state index in [1.54, 1.807) is 0 Å². The van der Waals surface area contributed by atoms with Crippen LogP contribution in [0.3, 0.4) is 0 Å². The average molecular weight is 364 g/mol. The van der Waals surface area contributed by atoms with E-state index >= 15 is 0 Å². The fourth-order valence-corrected chi connectivity index (χ4v) is 4.61. The molecule has 2 heteroatoms. The summed E-state index contributed by atoms with van der Waals surface area (Å²) in [7, 11) is 0. The number of aromatic nitrogens is 2. The molecule has 2 aromatic carbocycles. The number of hydrogen-bond acceptors (Lipinski definition) is 0. The predicted octanol–water partition coefficient (Wildman–Crippen LogP) is 5.07. The summed E-state index contributed by atoms with van der Waals surface area (Å²) < 4.78 is 4.86. The Hall–Kier alpha value is -3.26. The summed E-state index contributed by atoms with van der Waals surface area (Å²) in [6.07, 6.45) is 4.43. The van der Waals surface area contributed by atoms with Gasteiger partial charge in [0.1, 0.15) is 0 Å². The molecule has 136 valence electrons. The van der Waals surface area contributed by atoms with Gasteiger partial charge < -0.3 is 0 Å². The molecule has 0 amide bonds. The molecule has 3 heterocycles. The first-order valence-corrected chi connectivity index (χ1v) is 9.91. The van der Waals surface area contributed by atoms with Crippen molar-refractivity contribution in [3.8, 4) is 22.5 Å². The zero-order chi connectivity index (χ0) is 19.1. The number of fused-ring (bicyclic) bond motifs is 3. The minimum Gasteiger partial charge on any atom is -0.188 e. The first-order chi connectivity index (χ1) is 13.8. The van der Waals surface area contributed by atoms with Gasteiger partial charge in [-0.2, -0.15) is 9.13 Å². The molecule has 2 nitrogen and oxygen atoms in total. The smallest absolute Gasteiger partial charge is 0.188 e. The summed E-state index contributed by atoms with van der Waals surface area (Å²) in [6.45, 7) is 4.52. The van der Waals surface area contributed by atoms with E-state index in [1.165, 1.54) is 33.6 Å². The predicted molar refractivity (Wildman–Crippen MR) is 112 cm³/mol. The van der Waals surface area contributed by atoms with Crippen LogP contribution in [0.5, 0.6) is 0 Å². The van der Waals surface area contributed by atoms with Gasteiger partial charge in [-0.15, -0.1) is 0 Å². The van der Waals surface area contributed by atoms with E-state index in [0.717, 1.165) is 0 Å². The summed E-state index contributed by atoms with van der Waals surface area (Å²) in [5, 5.41) is 0. The molecule has 1 aliphatic rings. The van der Waals surface area contributed by atoms with Crippen LogP contribution >= 0.6 is 0 Å². The second-order valence-corrected chi connectivity index (χ2v) is 7.57. The molecule has 0 bridgehead atoms. The molecule has 4 aromatic rings. The molecule has 0 saturated carbocycles. The van der Waals surface area contributed by atoms with Gasteiger partial charge in [0.15, 0.2) is 12.4 Å². The van der Waals surface area contributed by atoms with E-state index in [9.17, 15) is 0 Å². The molecule has 2 unspecified atom stereocenters. The topological polar surface area (TPSA) is 7.76 Å². The molecular weight excluding hydrogens is 340 g/mol. The third-order valence-electron chi connectivity index (χ3n) is 5.95.